The normalized spacial score (nSPS) is 13.5. The van der Waals surface area contributed by atoms with E-state index in [1.165, 1.54) is 0 Å². The highest BCUT2D eigenvalue weighted by Gasteiger charge is 2.27. The summed E-state index contributed by atoms with van der Waals surface area (Å²) < 4.78 is 19.2. The van der Waals surface area contributed by atoms with Gasteiger partial charge in [0, 0.05) is 64.5 Å². The van der Waals surface area contributed by atoms with Crippen molar-refractivity contribution in [2.75, 3.05) is 50.0 Å². The first-order valence-corrected chi connectivity index (χ1v) is 22.0. The van der Waals surface area contributed by atoms with Gasteiger partial charge in [-0.25, -0.2) is 14.8 Å². The Bertz CT molecular complexity index is 2660. The minimum Gasteiger partial charge on any atom is -0.491 e. The number of carbonyl (C=O) groups is 4. The highest BCUT2D eigenvalue weighted by atomic mass is 16.6. The third-order valence-electron chi connectivity index (χ3n) is 11.0. The minimum absolute atomic E-state index is 0.224. The number of benzene rings is 2. The number of carbonyl (C=O) groups excluding carboxylic acids is 4. The van der Waals surface area contributed by atoms with Crippen molar-refractivity contribution in [1.29, 1.82) is 0 Å². The van der Waals surface area contributed by atoms with Gasteiger partial charge in [0.15, 0.2) is 0 Å². The fraction of sp³-hybridized carbons (Fsp3) is 0.467. The molecule has 4 N–H and O–H groups in total. The van der Waals surface area contributed by atoms with Crippen LogP contribution in [0.2, 0.25) is 0 Å². The number of imidazole rings is 2. The van der Waals surface area contributed by atoms with Crippen molar-refractivity contribution in [2.45, 2.75) is 99.5 Å². The van der Waals surface area contributed by atoms with Crippen LogP contribution in [0.1, 0.15) is 96.6 Å². The number of nitrogens with two attached hydrogens (primary N) is 1. The average Bonchev–Trinajstić information content (AvgIpc) is 4.02. The van der Waals surface area contributed by atoms with Crippen molar-refractivity contribution in [3.8, 4) is 5.75 Å². The minimum atomic E-state index is -0.637. The molecular formula is C45H59N13O6. The zero-order chi connectivity index (χ0) is 45.7. The van der Waals surface area contributed by atoms with Crippen molar-refractivity contribution in [3.63, 3.8) is 0 Å². The van der Waals surface area contributed by atoms with Gasteiger partial charge in [0.1, 0.15) is 28.3 Å². The number of hydrogen-bond donors (Lipinski definition) is 3. The van der Waals surface area contributed by atoms with Gasteiger partial charge in [-0.05, 0) is 104 Å². The maximum absolute atomic E-state index is 13.8. The van der Waals surface area contributed by atoms with Crippen LogP contribution in [0.25, 0.3) is 22.1 Å². The van der Waals surface area contributed by atoms with Gasteiger partial charge in [0.2, 0.25) is 17.8 Å². The number of aryl methyl sites for hydroxylation is 6. The fourth-order valence-electron chi connectivity index (χ4n) is 7.95. The van der Waals surface area contributed by atoms with E-state index in [1.54, 1.807) is 38.5 Å². The summed E-state index contributed by atoms with van der Waals surface area (Å²) in [6.45, 7) is 18.7. The van der Waals surface area contributed by atoms with Gasteiger partial charge in [-0.1, -0.05) is 12.1 Å². The summed E-state index contributed by atoms with van der Waals surface area (Å²) in [7, 11) is 0. The molecule has 0 spiro atoms. The Balaban J connectivity index is 1.11. The lowest BCUT2D eigenvalue weighted by molar-refractivity contribution is 0.0141. The Labute approximate surface area is 371 Å². The van der Waals surface area contributed by atoms with E-state index >= 15 is 0 Å². The molecule has 0 bridgehead atoms. The van der Waals surface area contributed by atoms with E-state index < -0.39 is 11.5 Å². The SMILES string of the molecule is CCn1nc(C)cc1C(=O)Nc1nc2ccccc2n1CCCCn1c(NC(=O)c2cc(C)nn2CC)nc2cc(C(N)=O)cc(OCCCN3CCN(C(=O)OC(C)(C)C)CC3)c21. The molecule has 4 aromatic heterocycles. The van der Waals surface area contributed by atoms with Gasteiger partial charge in [-0.2, -0.15) is 10.2 Å². The van der Waals surface area contributed by atoms with Crippen molar-refractivity contribution in [1.82, 2.24) is 48.5 Å². The van der Waals surface area contributed by atoms with Crippen molar-refractivity contribution in [3.05, 3.63) is 76.9 Å². The molecule has 2 aromatic carbocycles. The topological polar surface area (TPSA) is 215 Å². The Hall–Kier alpha value is -6.76. The highest BCUT2D eigenvalue weighted by Crippen LogP contribution is 2.32. The quantitative estimate of drug-likeness (QED) is 0.0926. The Morgan fingerprint density at radius 3 is 1.91 bits per heavy atom. The Kier molecular flexibility index (Phi) is 13.7. The predicted octanol–water partition coefficient (Wildman–Crippen LogP) is 5.84. The molecule has 7 rings (SSSR count). The number of aromatic nitrogens is 8. The molecule has 19 heteroatoms. The van der Waals surface area contributed by atoms with E-state index in [1.807, 2.05) is 81.9 Å². The third-order valence-corrected chi connectivity index (χ3v) is 11.0. The average molecular weight is 878 g/mol. The summed E-state index contributed by atoms with van der Waals surface area (Å²) in [5, 5.41) is 14.9. The lowest BCUT2D eigenvalue weighted by atomic mass is 10.1. The van der Waals surface area contributed by atoms with Crippen LogP contribution in [0.3, 0.4) is 0 Å². The third kappa shape index (κ3) is 10.4. The summed E-state index contributed by atoms with van der Waals surface area (Å²) in [5.41, 5.74) is 10.5. The largest absolute Gasteiger partial charge is 0.491 e. The first-order chi connectivity index (χ1) is 30.6. The van der Waals surface area contributed by atoms with Gasteiger partial charge in [-0.15, -0.1) is 0 Å². The van der Waals surface area contributed by atoms with Crippen LogP contribution in [0.4, 0.5) is 16.7 Å². The first-order valence-electron chi connectivity index (χ1n) is 22.0. The molecular weight excluding hydrogens is 819 g/mol. The molecule has 64 heavy (non-hydrogen) atoms. The van der Waals surface area contributed by atoms with Crippen LogP contribution in [-0.4, -0.2) is 117 Å². The first kappa shape index (κ1) is 45.3. The molecule has 1 fully saturated rings. The molecule has 5 heterocycles. The van der Waals surface area contributed by atoms with Crippen LogP contribution in [0.15, 0.2) is 48.5 Å². The van der Waals surface area contributed by atoms with Crippen LogP contribution in [0, 0.1) is 13.8 Å². The number of nitrogens with one attached hydrogen (secondary N) is 2. The standard InChI is InChI=1S/C45H59N13O6/c1-8-57-35(25-29(3)51-57)40(60)49-42-47-32-15-10-11-16-34(32)55(42)18-12-13-19-56-38-33(48-43(56)50-41(61)36-26-30(4)52-58(36)9-2)27-31(39(46)59)28-37(38)63-24-14-17-53-20-22-54(23-21-53)44(62)64-45(5,6)7/h10-11,15-16,25-28H,8-9,12-14,17-24H2,1-7H3,(H2,46,59)(H,47,49,60)(H,48,50,61). The summed E-state index contributed by atoms with van der Waals surface area (Å²) in [6, 6.07) is 14.5. The number of ether oxygens (including phenoxy) is 2. The smallest absolute Gasteiger partial charge is 0.410 e. The molecule has 0 aliphatic carbocycles. The molecule has 1 aliphatic rings. The maximum Gasteiger partial charge on any atom is 0.410 e. The number of piperazine rings is 1. The monoisotopic (exact) mass is 877 g/mol. The summed E-state index contributed by atoms with van der Waals surface area (Å²) in [5.74, 6) is -0.200. The number of nitrogens with zero attached hydrogens (tertiary/aromatic N) is 10. The van der Waals surface area contributed by atoms with Gasteiger partial charge in [0.05, 0.1) is 34.5 Å². The molecule has 0 saturated carbocycles. The van der Waals surface area contributed by atoms with Crippen LogP contribution in [0.5, 0.6) is 5.75 Å². The number of rotatable bonds is 17. The molecule has 19 nitrogen and oxygen atoms in total. The van der Waals surface area contributed by atoms with Crippen LogP contribution in [-0.2, 0) is 30.9 Å². The van der Waals surface area contributed by atoms with E-state index in [0.717, 1.165) is 23.3 Å². The number of fused-ring (bicyclic) bond motifs is 2. The van der Waals surface area contributed by atoms with Gasteiger partial charge < -0.3 is 29.2 Å². The molecule has 0 radical (unpaired) electrons. The van der Waals surface area contributed by atoms with Crippen LogP contribution < -0.4 is 21.1 Å². The number of para-hydroxylation sites is 2. The van der Waals surface area contributed by atoms with Crippen molar-refractivity contribution in [2.24, 2.45) is 5.73 Å². The lowest BCUT2D eigenvalue weighted by Gasteiger charge is -2.35. The number of primary amides is 1. The van der Waals surface area contributed by atoms with E-state index in [4.69, 9.17) is 25.2 Å². The Morgan fingerprint density at radius 2 is 1.31 bits per heavy atom. The van der Waals surface area contributed by atoms with E-state index in [9.17, 15) is 19.2 Å². The van der Waals surface area contributed by atoms with Crippen LogP contribution >= 0.6 is 0 Å². The van der Waals surface area contributed by atoms with E-state index in [0.29, 0.717) is 118 Å². The lowest BCUT2D eigenvalue weighted by Crippen LogP contribution is -2.50. The number of unbranched alkanes of at least 4 members (excludes halogenated alkanes) is 1. The second kappa shape index (κ2) is 19.3. The molecule has 340 valence electrons. The second-order valence-corrected chi connectivity index (χ2v) is 17.0. The molecule has 1 saturated heterocycles. The van der Waals surface area contributed by atoms with Crippen molar-refractivity contribution < 1.29 is 28.7 Å². The number of anilines is 2. The molecule has 6 aromatic rings. The number of hydrogen-bond acceptors (Lipinski definition) is 11. The summed E-state index contributed by atoms with van der Waals surface area (Å²) in [6.07, 6.45) is 1.64. The zero-order valence-corrected chi connectivity index (χ0v) is 37.8. The summed E-state index contributed by atoms with van der Waals surface area (Å²) in [4.78, 5) is 66.2. The van der Waals surface area contributed by atoms with Gasteiger partial charge in [-0.3, -0.25) is 39.3 Å². The van der Waals surface area contributed by atoms with Crippen molar-refractivity contribution >= 4 is 57.8 Å². The van der Waals surface area contributed by atoms with E-state index in [2.05, 4.69) is 25.7 Å². The molecule has 0 atom stereocenters. The number of amides is 4. The van der Waals surface area contributed by atoms with Gasteiger partial charge >= 0.3 is 6.09 Å². The zero-order valence-electron chi connectivity index (χ0n) is 37.8. The Morgan fingerprint density at radius 1 is 0.734 bits per heavy atom. The second-order valence-electron chi connectivity index (χ2n) is 17.0. The van der Waals surface area contributed by atoms with E-state index in [-0.39, 0.29) is 29.4 Å². The maximum atomic E-state index is 13.8. The summed E-state index contributed by atoms with van der Waals surface area (Å²) >= 11 is 0. The molecule has 4 amide bonds. The predicted molar refractivity (Wildman–Crippen MR) is 243 cm³/mol. The highest BCUT2D eigenvalue weighted by molar-refractivity contribution is 6.04. The molecule has 1 aliphatic heterocycles. The fourth-order valence-corrected chi connectivity index (χ4v) is 7.95. The van der Waals surface area contributed by atoms with Gasteiger partial charge in [0.25, 0.3) is 11.8 Å². The molecule has 0 unspecified atom stereocenters.